The maximum atomic E-state index is 11.8. The first-order valence-corrected chi connectivity index (χ1v) is 8.45. The number of rotatable bonds is 1. The normalized spacial score (nSPS) is 28.8. The highest BCUT2D eigenvalue weighted by molar-refractivity contribution is 7.91. The van der Waals surface area contributed by atoms with Gasteiger partial charge in [0.2, 0.25) is 0 Å². The minimum absolute atomic E-state index is 0.0150. The second-order valence-corrected chi connectivity index (χ2v) is 7.83. The molecule has 2 aliphatic heterocycles. The molecular formula is C13H16N2O2S2. The highest BCUT2D eigenvalue weighted by atomic mass is 32.2. The fraction of sp³-hybridized carbons (Fsp3) is 0.462. The first kappa shape index (κ1) is 12.9. The van der Waals surface area contributed by atoms with Crippen molar-refractivity contribution in [2.45, 2.75) is 19.0 Å². The van der Waals surface area contributed by atoms with E-state index in [1.54, 1.807) is 0 Å². The zero-order valence-electron chi connectivity index (χ0n) is 10.9. The zero-order valence-corrected chi connectivity index (χ0v) is 12.5. The van der Waals surface area contributed by atoms with Crippen LogP contribution in [0.2, 0.25) is 0 Å². The van der Waals surface area contributed by atoms with Gasteiger partial charge in [0.15, 0.2) is 14.9 Å². The van der Waals surface area contributed by atoms with Crippen molar-refractivity contribution in [3.8, 4) is 0 Å². The lowest BCUT2D eigenvalue weighted by atomic mass is 10.1. The highest BCUT2D eigenvalue weighted by Gasteiger charge is 2.50. The fourth-order valence-corrected chi connectivity index (χ4v) is 5.26. The van der Waals surface area contributed by atoms with Crippen LogP contribution in [0.25, 0.3) is 0 Å². The number of fused-ring (bicyclic) bond motifs is 1. The third kappa shape index (κ3) is 2.03. The molecule has 3 rings (SSSR count). The third-order valence-electron chi connectivity index (χ3n) is 3.94. The Morgan fingerprint density at radius 3 is 2.37 bits per heavy atom. The predicted molar refractivity (Wildman–Crippen MR) is 80.2 cm³/mol. The van der Waals surface area contributed by atoms with Gasteiger partial charge in [-0.15, -0.1) is 0 Å². The lowest BCUT2D eigenvalue weighted by Gasteiger charge is -2.24. The van der Waals surface area contributed by atoms with Gasteiger partial charge in [-0.3, -0.25) is 0 Å². The molecule has 0 spiro atoms. The Hall–Kier alpha value is -1.14. The van der Waals surface area contributed by atoms with Crippen LogP contribution in [-0.4, -0.2) is 49.1 Å². The first-order chi connectivity index (χ1) is 8.89. The first-order valence-electron chi connectivity index (χ1n) is 6.22. The van der Waals surface area contributed by atoms with Crippen LogP contribution in [0.4, 0.5) is 5.69 Å². The molecule has 0 saturated carbocycles. The second-order valence-electron chi connectivity index (χ2n) is 5.31. The number of benzene rings is 1. The van der Waals surface area contributed by atoms with Gasteiger partial charge >= 0.3 is 0 Å². The summed E-state index contributed by atoms with van der Waals surface area (Å²) >= 11 is 5.46. The summed E-state index contributed by atoms with van der Waals surface area (Å²) in [5.41, 5.74) is 2.16. The number of aryl methyl sites for hydroxylation is 1. The average molecular weight is 296 g/mol. The van der Waals surface area contributed by atoms with Gasteiger partial charge in [-0.2, -0.15) is 0 Å². The summed E-state index contributed by atoms with van der Waals surface area (Å²) in [6.45, 7) is 2.03. The molecule has 2 saturated heterocycles. The number of thiocarbonyl (C=S) groups is 1. The maximum Gasteiger partial charge on any atom is 0.176 e. The van der Waals surface area contributed by atoms with Crippen molar-refractivity contribution in [3.05, 3.63) is 29.8 Å². The van der Waals surface area contributed by atoms with E-state index < -0.39 is 9.84 Å². The van der Waals surface area contributed by atoms with Crippen LogP contribution < -0.4 is 4.90 Å². The molecule has 0 unspecified atom stereocenters. The molecule has 2 atom stereocenters. The Morgan fingerprint density at radius 1 is 1.16 bits per heavy atom. The lowest BCUT2D eigenvalue weighted by Crippen LogP contribution is -2.36. The van der Waals surface area contributed by atoms with E-state index in [1.807, 2.05) is 48.0 Å². The molecule has 0 amide bonds. The van der Waals surface area contributed by atoms with E-state index >= 15 is 0 Å². The maximum absolute atomic E-state index is 11.8. The van der Waals surface area contributed by atoms with Crippen molar-refractivity contribution in [2.75, 3.05) is 23.5 Å². The number of likely N-dealkylation sites (N-methyl/N-ethyl adjacent to an activating group) is 1. The molecule has 1 aromatic rings. The Morgan fingerprint density at radius 2 is 1.74 bits per heavy atom. The summed E-state index contributed by atoms with van der Waals surface area (Å²) < 4.78 is 23.7. The molecule has 6 heteroatoms. The lowest BCUT2D eigenvalue weighted by molar-refractivity contribution is 0.420. The van der Waals surface area contributed by atoms with Gasteiger partial charge in [-0.1, -0.05) is 17.7 Å². The minimum atomic E-state index is -2.95. The van der Waals surface area contributed by atoms with Crippen molar-refractivity contribution in [1.82, 2.24) is 4.90 Å². The van der Waals surface area contributed by atoms with Gasteiger partial charge in [-0.05, 0) is 31.3 Å². The Labute approximate surface area is 118 Å². The zero-order chi connectivity index (χ0) is 13.8. The Bertz CT molecular complexity index is 625. The standard InChI is InChI=1S/C13H16N2O2S2/c1-9-3-5-10(6-4-9)15-12-8-19(16,17)7-11(12)14(2)13(15)18/h3-6,11-12H,7-8H2,1-2H3/t11-,12-/m1/s1. The van der Waals surface area contributed by atoms with E-state index in [-0.39, 0.29) is 23.6 Å². The van der Waals surface area contributed by atoms with Gasteiger partial charge in [0, 0.05) is 12.7 Å². The summed E-state index contributed by atoms with van der Waals surface area (Å²) in [5, 5.41) is 0.716. The van der Waals surface area contributed by atoms with E-state index in [9.17, 15) is 8.42 Å². The van der Waals surface area contributed by atoms with Crippen molar-refractivity contribution in [2.24, 2.45) is 0 Å². The monoisotopic (exact) mass is 296 g/mol. The summed E-state index contributed by atoms with van der Waals surface area (Å²) in [7, 11) is -1.07. The van der Waals surface area contributed by atoms with Crippen molar-refractivity contribution >= 4 is 32.9 Å². The van der Waals surface area contributed by atoms with Crippen LogP contribution in [0, 0.1) is 6.92 Å². The molecular weight excluding hydrogens is 280 g/mol. The van der Waals surface area contributed by atoms with E-state index in [0.29, 0.717) is 5.11 Å². The molecule has 0 aromatic heterocycles. The summed E-state index contributed by atoms with van der Waals surface area (Å²) in [6, 6.07) is 7.98. The number of hydrogen-bond acceptors (Lipinski definition) is 3. The van der Waals surface area contributed by atoms with Gasteiger partial charge in [0.05, 0.1) is 23.6 Å². The largest absolute Gasteiger partial charge is 0.346 e. The number of anilines is 1. The van der Waals surface area contributed by atoms with Crippen molar-refractivity contribution < 1.29 is 8.42 Å². The average Bonchev–Trinajstić information content (AvgIpc) is 2.76. The molecule has 0 N–H and O–H groups in total. The molecule has 2 aliphatic rings. The molecule has 2 fully saturated rings. The molecule has 0 radical (unpaired) electrons. The summed E-state index contributed by atoms with van der Waals surface area (Å²) in [4.78, 5) is 3.91. The van der Waals surface area contributed by atoms with Crippen LogP contribution in [-0.2, 0) is 9.84 Å². The van der Waals surface area contributed by atoms with Gasteiger partial charge in [0.25, 0.3) is 0 Å². The van der Waals surface area contributed by atoms with Gasteiger partial charge in [-0.25, -0.2) is 8.42 Å². The van der Waals surface area contributed by atoms with E-state index in [1.165, 1.54) is 5.56 Å². The molecule has 0 bridgehead atoms. The SMILES string of the molecule is Cc1ccc(N2C(=S)N(C)[C@@H]3CS(=O)(=O)C[C@H]32)cc1. The Kier molecular flexibility index (Phi) is 2.83. The number of nitrogens with zero attached hydrogens (tertiary/aromatic N) is 2. The molecule has 102 valence electrons. The quantitative estimate of drug-likeness (QED) is 0.728. The van der Waals surface area contributed by atoms with Crippen molar-refractivity contribution in [1.29, 1.82) is 0 Å². The number of sulfone groups is 1. The molecule has 2 heterocycles. The van der Waals surface area contributed by atoms with E-state index in [4.69, 9.17) is 12.2 Å². The van der Waals surface area contributed by atoms with Gasteiger partial charge in [0.1, 0.15) is 0 Å². The summed E-state index contributed by atoms with van der Waals surface area (Å²) in [6.07, 6.45) is 0. The fourth-order valence-electron chi connectivity index (χ4n) is 2.89. The molecule has 19 heavy (non-hydrogen) atoms. The van der Waals surface area contributed by atoms with Crippen LogP contribution in [0.15, 0.2) is 24.3 Å². The van der Waals surface area contributed by atoms with Crippen LogP contribution in [0.5, 0.6) is 0 Å². The van der Waals surface area contributed by atoms with Crippen molar-refractivity contribution in [3.63, 3.8) is 0 Å². The molecule has 4 nitrogen and oxygen atoms in total. The smallest absolute Gasteiger partial charge is 0.176 e. The molecule has 0 aliphatic carbocycles. The topological polar surface area (TPSA) is 40.6 Å². The third-order valence-corrected chi connectivity index (χ3v) is 6.13. The Balaban J connectivity index is 2.01. The minimum Gasteiger partial charge on any atom is -0.346 e. The van der Waals surface area contributed by atoms with E-state index in [0.717, 1.165) is 5.69 Å². The van der Waals surface area contributed by atoms with Crippen LogP contribution >= 0.6 is 12.2 Å². The molecule has 1 aromatic carbocycles. The van der Waals surface area contributed by atoms with Crippen LogP contribution in [0.1, 0.15) is 5.56 Å². The predicted octanol–water partition coefficient (Wildman–Crippen LogP) is 1.20. The van der Waals surface area contributed by atoms with E-state index in [2.05, 4.69) is 0 Å². The summed E-state index contributed by atoms with van der Waals surface area (Å²) in [5.74, 6) is 0.396. The van der Waals surface area contributed by atoms with Crippen LogP contribution in [0.3, 0.4) is 0 Å². The highest BCUT2D eigenvalue weighted by Crippen LogP contribution is 2.34. The second kappa shape index (κ2) is 4.18. The van der Waals surface area contributed by atoms with Gasteiger partial charge < -0.3 is 9.80 Å². The number of hydrogen-bond donors (Lipinski definition) is 0.